The normalized spacial score (nSPS) is 12.2. The Labute approximate surface area is 172 Å². The van der Waals surface area contributed by atoms with Gasteiger partial charge in [-0.3, -0.25) is 4.79 Å². The summed E-state index contributed by atoms with van der Waals surface area (Å²) in [6.45, 7) is 1.36. The third-order valence-electron chi connectivity index (χ3n) is 3.66. The molecule has 10 heteroatoms. The minimum atomic E-state index is -3.54. The summed E-state index contributed by atoms with van der Waals surface area (Å²) >= 11 is 11.9. The monoisotopic (exact) mass is 445 g/mol. The van der Waals surface area contributed by atoms with Crippen LogP contribution in [-0.2, 0) is 19.4 Å². The van der Waals surface area contributed by atoms with Gasteiger partial charge in [0.2, 0.25) is 0 Å². The van der Waals surface area contributed by atoms with E-state index in [1.54, 1.807) is 12.1 Å². The van der Waals surface area contributed by atoms with Crippen LogP contribution in [0.2, 0.25) is 10.0 Å². The lowest BCUT2D eigenvalue weighted by Crippen LogP contribution is -2.30. The number of amides is 1. The molecular weight excluding hydrogens is 429 g/mol. The number of methoxy groups -OCH3 is 1. The Morgan fingerprint density at radius 1 is 1.11 bits per heavy atom. The molecule has 0 aliphatic rings. The topological polar surface area (TPSA) is 98.8 Å². The van der Waals surface area contributed by atoms with Gasteiger partial charge in [-0.05, 0) is 43.3 Å². The Morgan fingerprint density at radius 3 is 2.39 bits per heavy atom. The lowest BCUT2D eigenvalue weighted by molar-refractivity contribution is -0.123. The highest BCUT2D eigenvalue weighted by Crippen LogP contribution is 2.28. The zero-order chi connectivity index (χ0) is 21.1. The van der Waals surface area contributed by atoms with Crippen molar-refractivity contribution in [3.63, 3.8) is 0 Å². The second-order valence-electron chi connectivity index (χ2n) is 5.80. The van der Waals surface area contributed by atoms with E-state index >= 15 is 0 Å². The lowest BCUT2D eigenvalue weighted by atomic mass is 10.2. The number of carbonyl (C=O) groups excluding carboxylic acids is 2. The first-order valence-corrected chi connectivity index (χ1v) is 10.5. The van der Waals surface area contributed by atoms with Crippen LogP contribution < -0.4 is 10.1 Å². The SMILES string of the molecule is COc1ccc(Cl)cc1NC(=O)[C@H](C)OC(=O)c1cc(S(C)(=O)=O)ccc1Cl. The van der Waals surface area contributed by atoms with Crippen LogP contribution in [0.5, 0.6) is 5.75 Å². The lowest BCUT2D eigenvalue weighted by Gasteiger charge is -2.16. The maximum Gasteiger partial charge on any atom is 0.340 e. The van der Waals surface area contributed by atoms with E-state index in [0.717, 1.165) is 12.3 Å². The molecule has 0 bridgehead atoms. The molecule has 0 saturated heterocycles. The number of halogens is 2. The molecule has 0 aliphatic carbocycles. The van der Waals surface area contributed by atoms with E-state index in [1.165, 1.54) is 32.2 Å². The van der Waals surface area contributed by atoms with Crippen molar-refractivity contribution in [3.05, 3.63) is 52.0 Å². The average Bonchev–Trinajstić information content (AvgIpc) is 2.61. The first kappa shape index (κ1) is 22.0. The fraction of sp³-hybridized carbons (Fsp3) is 0.222. The van der Waals surface area contributed by atoms with Crippen molar-refractivity contribution in [2.75, 3.05) is 18.7 Å². The smallest absolute Gasteiger partial charge is 0.340 e. The summed E-state index contributed by atoms with van der Waals surface area (Å²) in [6.07, 6.45) is -0.200. The van der Waals surface area contributed by atoms with Gasteiger partial charge in [-0.25, -0.2) is 13.2 Å². The van der Waals surface area contributed by atoms with Crippen LogP contribution in [0.3, 0.4) is 0 Å². The highest BCUT2D eigenvalue weighted by molar-refractivity contribution is 7.90. The van der Waals surface area contributed by atoms with E-state index in [1.807, 2.05) is 0 Å². The zero-order valence-corrected chi connectivity index (χ0v) is 17.5. The molecule has 0 aromatic heterocycles. The Balaban J connectivity index is 2.16. The molecule has 1 N–H and O–H groups in total. The van der Waals surface area contributed by atoms with Gasteiger partial charge in [-0.15, -0.1) is 0 Å². The average molecular weight is 446 g/mol. The van der Waals surface area contributed by atoms with Crippen LogP contribution in [0.1, 0.15) is 17.3 Å². The first-order chi connectivity index (χ1) is 13.0. The van der Waals surface area contributed by atoms with E-state index in [0.29, 0.717) is 16.5 Å². The van der Waals surface area contributed by atoms with Gasteiger partial charge in [0.1, 0.15) is 5.75 Å². The van der Waals surface area contributed by atoms with Crippen LogP contribution in [-0.4, -0.2) is 39.8 Å². The number of benzene rings is 2. The summed E-state index contributed by atoms with van der Waals surface area (Å²) in [4.78, 5) is 24.6. The number of hydrogen-bond donors (Lipinski definition) is 1. The van der Waals surface area contributed by atoms with Crippen molar-refractivity contribution in [1.29, 1.82) is 0 Å². The molecule has 0 heterocycles. The van der Waals surface area contributed by atoms with Gasteiger partial charge in [-0.2, -0.15) is 0 Å². The van der Waals surface area contributed by atoms with Gasteiger partial charge in [0.15, 0.2) is 15.9 Å². The predicted octanol–water partition coefficient (Wildman–Crippen LogP) is 3.59. The van der Waals surface area contributed by atoms with Crippen molar-refractivity contribution >= 4 is 50.6 Å². The molecule has 150 valence electrons. The molecule has 0 saturated carbocycles. The number of sulfone groups is 1. The van der Waals surface area contributed by atoms with Gasteiger partial charge in [0.05, 0.1) is 28.3 Å². The minimum absolute atomic E-state index is 0.00141. The third-order valence-corrected chi connectivity index (χ3v) is 5.33. The Hall–Kier alpha value is -2.29. The number of rotatable bonds is 6. The standard InChI is InChI=1S/C18H17Cl2NO6S/c1-10(17(22)21-15-8-11(19)4-7-16(15)26-2)27-18(23)13-9-12(28(3,24)25)5-6-14(13)20/h4-10H,1-3H3,(H,21,22)/t10-/m0/s1. The number of anilines is 1. The highest BCUT2D eigenvalue weighted by Gasteiger charge is 2.23. The van der Waals surface area contributed by atoms with E-state index < -0.39 is 27.8 Å². The fourth-order valence-electron chi connectivity index (χ4n) is 2.18. The first-order valence-electron chi connectivity index (χ1n) is 7.88. The van der Waals surface area contributed by atoms with Crippen LogP contribution in [0.4, 0.5) is 5.69 Å². The molecule has 1 atom stereocenters. The van der Waals surface area contributed by atoms with E-state index in [-0.39, 0.29) is 15.5 Å². The second-order valence-corrected chi connectivity index (χ2v) is 8.65. The second kappa shape index (κ2) is 8.81. The van der Waals surface area contributed by atoms with Crippen molar-refractivity contribution in [1.82, 2.24) is 0 Å². The Morgan fingerprint density at radius 2 is 1.79 bits per heavy atom. The quantitative estimate of drug-likeness (QED) is 0.681. The number of esters is 1. The molecule has 1 amide bonds. The number of nitrogens with one attached hydrogen (secondary N) is 1. The number of hydrogen-bond acceptors (Lipinski definition) is 6. The van der Waals surface area contributed by atoms with Crippen molar-refractivity contribution in [3.8, 4) is 5.75 Å². The largest absolute Gasteiger partial charge is 0.495 e. The van der Waals surface area contributed by atoms with Crippen molar-refractivity contribution in [2.45, 2.75) is 17.9 Å². The third kappa shape index (κ3) is 5.37. The van der Waals surface area contributed by atoms with Crippen LogP contribution in [0.15, 0.2) is 41.3 Å². The van der Waals surface area contributed by atoms with Gasteiger partial charge < -0.3 is 14.8 Å². The van der Waals surface area contributed by atoms with Crippen LogP contribution >= 0.6 is 23.2 Å². The fourth-order valence-corrected chi connectivity index (χ4v) is 3.20. The highest BCUT2D eigenvalue weighted by atomic mass is 35.5. The maximum absolute atomic E-state index is 12.4. The summed E-state index contributed by atoms with van der Waals surface area (Å²) in [6, 6.07) is 8.30. The summed E-state index contributed by atoms with van der Waals surface area (Å²) < 4.78 is 33.6. The Kier molecular flexibility index (Phi) is 6.92. The molecule has 0 fully saturated rings. The summed E-state index contributed by atoms with van der Waals surface area (Å²) in [5.41, 5.74) is 0.143. The molecule has 2 rings (SSSR count). The summed E-state index contributed by atoms with van der Waals surface area (Å²) in [7, 11) is -2.12. The summed E-state index contributed by atoms with van der Waals surface area (Å²) in [5.74, 6) is -1.19. The Bertz CT molecular complexity index is 1020. The molecular formula is C18H17Cl2NO6S. The van der Waals surface area contributed by atoms with Gasteiger partial charge in [0.25, 0.3) is 5.91 Å². The maximum atomic E-state index is 12.4. The number of carbonyl (C=O) groups is 2. The molecule has 0 radical (unpaired) electrons. The molecule has 28 heavy (non-hydrogen) atoms. The van der Waals surface area contributed by atoms with Crippen molar-refractivity contribution < 1.29 is 27.5 Å². The molecule has 0 spiro atoms. The molecule has 7 nitrogen and oxygen atoms in total. The van der Waals surface area contributed by atoms with E-state index in [2.05, 4.69) is 5.32 Å². The van der Waals surface area contributed by atoms with Crippen molar-refractivity contribution in [2.24, 2.45) is 0 Å². The molecule has 2 aromatic carbocycles. The van der Waals surface area contributed by atoms with Crippen LogP contribution in [0.25, 0.3) is 0 Å². The van der Waals surface area contributed by atoms with Crippen LogP contribution in [0, 0.1) is 0 Å². The van der Waals surface area contributed by atoms with Gasteiger partial charge in [0, 0.05) is 11.3 Å². The van der Waals surface area contributed by atoms with E-state index in [9.17, 15) is 18.0 Å². The minimum Gasteiger partial charge on any atom is -0.495 e. The number of ether oxygens (including phenoxy) is 2. The predicted molar refractivity (Wildman–Crippen MR) is 106 cm³/mol. The molecule has 0 unspecified atom stereocenters. The van der Waals surface area contributed by atoms with Gasteiger partial charge >= 0.3 is 5.97 Å². The molecule has 0 aliphatic heterocycles. The zero-order valence-electron chi connectivity index (χ0n) is 15.2. The molecule has 2 aromatic rings. The summed E-state index contributed by atoms with van der Waals surface area (Å²) in [5, 5.41) is 2.94. The van der Waals surface area contributed by atoms with E-state index in [4.69, 9.17) is 32.7 Å². The van der Waals surface area contributed by atoms with Gasteiger partial charge in [-0.1, -0.05) is 23.2 Å².